The van der Waals surface area contributed by atoms with Gasteiger partial charge in [0.1, 0.15) is 5.52 Å². The maximum atomic E-state index is 10.9. The summed E-state index contributed by atoms with van der Waals surface area (Å²) >= 11 is 0.898. The molecular formula is C13H11NO7S. The molecule has 1 aromatic heterocycles. The van der Waals surface area contributed by atoms with Crippen LogP contribution in [0.3, 0.4) is 0 Å². The predicted octanol–water partition coefficient (Wildman–Crippen LogP) is 1.94. The number of nitrogens with zero attached hydrogens (tertiary/aromatic N) is 1. The highest BCUT2D eigenvalue weighted by molar-refractivity contribution is 7.99. The SMILES string of the molecule is O=C(O)CC(CC(=O)O)Sc1nc2cc(C(=O)O)ccc2o1. The Balaban J connectivity index is 2.23. The normalized spacial score (nSPS) is 11.0. The Kier molecular flexibility index (Phi) is 4.66. The number of oxazole rings is 1. The number of hydrogen-bond donors (Lipinski definition) is 3. The zero-order chi connectivity index (χ0) is 16.3. The van der Waals surface area contributed by atoms with Crippen LogP contribution in [0.5, 0.6) is 0 Å². The number of carboxylic acid groups (broad SMARTS) is 3. The minimum absolute atomic E-state index is 0.0463. The molecule has 116 valence electrons. The molecule has 2 aromatic rings. The van der Waals surface area contributed by atoms with Gasteiger partial charge in [0, 0.05) is 5.25 Å². The Morgan fingerprint density at radius 2 is 1.77 bits per heavy atom. The summed E-state index contributed by atoms with van der Waals surface area (Å²) in [5.41, 5.74) is 0.702. The lowest BCUT2D eigenvalue weighted by atomic mass is 10.2. The molecule has 0 spiro atoms. The van der Waals surface area contributed by atoms with E-state index >= 15 is 0 Å². The summed E-state index contributed by atoms with van der Waals surface area (Å²) in [5, 5.41) is 25.8. The fraction of sp³-hybridized carbons (Fsp3) is 0.231. The fourth-order valence-corrected chi connectivity index (χ4v) is 2.80. The van der Waals surface area contributed by atoms with Crippen LogP contribution in [0, 0.1) is 0 Å². The van der Waals surface area contributed by atoms with Gasteiger partial charge in [0.15, 0.2) is 5.58 Å². The summed E-state index contributed by atoms with van der Waals surface area (Å²) in [5.74, 6) is -3.35. The average Bonchev–Trinajstić information content (AvgIpc) is 2.77. The molecule has 0 aliphatic rings. The highest BCUT2D eigenvalue weighted by Crippen LogP contribution is 2.30. The number of thioether (sulfide) groups is 1. The van der Waals surface area contributed by atoms with E-state index in [9.17, 15) is 14.4 Å². The molecule has 0 aliphatic carbocycles. The van der Waals surface area contributed by atoms with E-state index in [1.807, 2.05) is 0 Å². The van der Waals surface area contributed by atoms with Crippen molar-refractivity contribution in [3.63, 3.8) is 0 Å². The van der Waals surface area contributed by atoms with E-state index in [0.717, 1.165) is 11.8 Å². The number of rotatable bonds is 7. The molecule has 9 heteroatoms. The fourth-order valence-electron chi connectivity index (χ4n) is 1.78. The maximum Gasteiger partial charge on any atom is 0.335 e. The van der Waals surface area contributed by atoms with E-state index in [-0.39, 0.29) is 23.6 Å². The molecule has 0 saturated heterocycles. The van der Waals surface area contributed by atoms with E-state index < -0.39 is 23.2 Å². The standard InChI is InChI=1S/C13H11NO7S/c15-10(16)4-7(5-11(17)18)22-13-14-8-3-6(12(19)20)1-2-9(8)21-13/h1-3,7H,4-5H2,(H,15,16)(H,17,18)(H,19,20). The smallest absolute Gasteiger partial charge is 0.335 e. The van der Waals surface area contributed by atoms with Gasteiger partial charge < -0.3 is 19.7 Å². The highest BCUT2D eigenvalue weighted by Gasteiger charge is 2.21. The van der Waals surface area contributed by atoms with Gasteiger partial charge in [-0.15, -0.1) is 0 Å². The number of benzene rings is 1. The second-order valence-electron chi connectivity index (χ2n) is 4.40. The molecule has 1 heterocycles. The third-order valence-corrected chi connectivity index (χ3v) is 3.73. The van der Waals surface area contributed by atoms with Gasteiger partial charge in [-0.05, 0) is 18.2 Å². The molecule has 3 N–H and O–H groups in total. The van der Waals surface area contributed by atoms with Crippen LogP contribution in [0.1, 0.15) is 23.2 Å². The van der Waals surface area contributed by atoms with Gasteiger partial charge >= 0.3 is 17.9 Å². The van der Waals surface area contributed by atoms with Gasteiger partial charge in [0.25, 0.3) is 5.22 Å². The van der Waals surface area contributed by atoms with E-state index in [1.54, 1.807) is 0 Å². The Labute approximate surface area is 127 Å². The first-order valence-electron chi connectivity index (χ1n) is 6.09. The summed E-state index contributed by atoms with van der Waals surface area (Å²) in [7, 11) is 0. The van der Waals surface area contributed by atoms with Gasteiger partial charge in [-0.25, -0.2) is 9.78 Å². The second kappa shape index (κ2) is 6.48. The number of aromatic nitrogens is 1. The zero-order valence-electron chi connectivity index (χ0n) is 11.1. The third kappa shape index (κ3) is 3.98. The monoisotopic (exact) mass is 325 g/mol. The van der Waals surface area contributed by atoms with Gasteiger partial charge in [-0.2, -0.15) is 0 Å². The van der Waals surface area contributed by atoms with Crippen molar-refractivity contribution in [2.75, 3.05) is 0 Å². The zero-order valence-corrected chi connectivity index (χ0v) is 11.9. The first kappa shape index (κ1) is 15.8. The van der Waals surface area contributed by atoms with Crippen LogP contribution in [-0.4, -0.2) is 43.5 Å². The van der Waals surface area contributed by atoms with Crippen LogP contribution in [0.15, 0.2) is 27.8 Å². The van der Waals surface area contributed by atoms with E-state index in [0.29, 0.717) is 11.1 Å². The van der Waals surface area contributed by atoms with E-state index in [4.69, 9.17) is 19.7 Å². The molecule has 1 aromatic carbocycles. The summed E-state index contributed by atoms with van der Waals surface area (Å²) in [6, 6.07) is 4.13. The third-order valence-electron chi connectivity index (χ3n) is 2.69. The lowest BCUT2D eigenvalue weighted by Crippen LogP contribution is -2.14. The van der Waals surface area contributed by atoms with E-state index in [1.165, 1.54) is 18.2 Å². The first-order valence-corrected chi connectivity index (χ1v) is 6.97. The topological polar surface area (TPSA) is 138 Å². The van der Waals surface area contributed by atoms with Crippen LogP contribution >= 0.6 is 11.8 Å². The summed E-state index contributed by atoms with van der Waals surface area (Å²) < 4.78 is 5.37. The molecule has 0 fully saturated rings. The van der Waals surface area contributed by atoms with Gasteiger partial charge in [0.05, 0.1) is 18.4 Å². The minimum Gasteiger partial charge on any atom is -0.481 e. The second-order valence-corrected chi connectivity index (χ2v) is 5.65. The Morgan fingerprint density at radius 3 is 2.32 bits per heavy atom. The molecule has 0 radical (unpaired) electrons. The molecule has 0 bridgehead atoms. The molecule has 0 amide bonds. The van der Waals surface area contributed by atoms with Crippen LogP contribution in [-0.2, 0) is 9.59 Å². The molecular weight excluding hydrogens is 314 g/mol. The largest absolute Gasteiger partial charge is 0.481 e. The number of carbonyl (C=O) groups is 3. The van der Waals surface area contributed by atoms with Gasteiger partial charge in [-0.3, -0.25) is 9.59 Å². The number of aromatic carboxylic acids is 1. The summed E-state index contributed by atoms with van der Waals surface area (Å²) in [6.07, 6.45) is -0.702. The number of carboxylic acids is 3. The van der Waals surface area contributed by atoms with Crippen molar-refractivity contribution in [3.05, 3.63) is 23.8 Å². The van der Waals surface area contributed by atoms with Gasteiger partial charge in [-0.1, -0.05) is 11.8 Å². The number of fused-ring (bicyclic) bond motifs is 1. The van der Waals surface area contributed by atoms with Crippen LogP contribution in [0.4, 0.5) is 0 Å². The summed E-state index contributed by atoms with van der Waals surface area (Å²) in [6.45, 7) is 0. The first-order chi connectivity index (χ1) is 10.3. The molecule has 0 unspecified atom stereocenters. The van der Waals surface area contributed by atoms with Gasteiger partial charge in [0.2, 0.25) is 0 Å². The lowest BCUT2D eigenvalue weighted by Gasteiger charge is -2.08. The van der Waals surface area contributed by atoms with Crippen molar-refractivity contribution in [3.8, 4) is 0 Å². The number of aliphatic carboxylic acids is 2. The van der Waals surface area contributed by atoms with E-state index in [2.05, 4.69) is 4.98 Å². The lowest BCUT2D eigenvalue weighted by molar-refractivity contribution is -0.138. The van der Waals surface area contributed by atoms with Crippen molar-refractivity contribution in [2.24, 2.45) is 0 Å². The average molecular weight is 325 g/mol. The molecule has 2 rings (SSSR count). The maximum absolute atomic E-state index is 10.9. The molecule has 0 saturated carbocycles. The van der Waals surface area contributed by atoms with Crippen LogP contribution in [0.25, 0.3) is 11.1 Å². The van der Waals surface area contributed by atoms with Crippen molar-refractivity contribution in [2.45, 2.75) is 23.3 Å². The van der Waals surface area contributed by atoms with Crippen molar-refractivity contribution in [1.29, 1.82) is 0 Å². The minimum atomic E-state index is -1.12. The number of hydrogen-bond acceptors (Lipinski definition) is 6. The Morgan fingerprint density at radius 1 is 1.14 bits per heavy atom. The Hall–Kier alpha value is -2.55. The van der Waals surface area contributed by atoms with Crippen molar-refractivity contribution in [1.82, 2.24) is 4.98 Å². The molecule has 0 aliphatic heterocycles. The van der Waals surface area contributed by atoms with Crippen molar-refractivity contribution >= 4 is 40.8 Å². The van der Waals surface area contributed by atoms with Crippen LogP contribution < -0.4 is 0 Å². The highest BCUT2D eigenvalue weighted by atomic mass is 32.2. The summed E-state index contributed by atoms with van der Waals surface area (Å²) in [4.78, 5) is 36.4. The van der Waals surface area contributed by atoms with Crippen molar-refractivity contribution < 1.29 is 34.1 Å². The van der Waals surface area contributed by atoms with Crippen LogP contribution in [0.2, 0.25) is 0 Å². The predicted molar refractivity (Wildman–Crippen MR) is 75.1 cm³/mol. The molecule has 0 atom stereocenters. The molecule has 22 heavy (non-hydrogen) atoms. The molecule has 8 nitrogen and oxygen atoms in total. The Bertz CT molecular complexity index is 723. The quantitative estimate of drug-likeness (QED) is 0.652.